The van der Waals surface area contributed by atoms with Crippen LogP contribution in [0.2, 0.25) is 0 Å². The first-order valence-corrected chi connectivity index (χ1v) is 6.08. The molecule has 1 aliphatic heterocycles. The highest BCUT2D eigenvalue weighted by Crippen LogP contribution is 2.05. The van der Waals surface area contributed by atoms with Crippen LogP contribution in [-0.4, -0.2) is 39.8 Å². The highest BCUT2D eigenvalue weighted by atomic mass is 16.1. The van der Waals surface area contributed by atoms with Gasteiger partial charge in [0.1, 0.15) is 6.33 Å². The molecule has 1 fully saturated rings. The maximum absolute atomic E-state index is 11.4. The highest BCUT2D eigenvalue weighted by Gasteiger charge is 2.16. The fourth-order valence-corrected chi connectivity index (χ4v) is 2.04. The summed E-state index contributed by atoms with van der Waals surface area (Å²) in [5, 5.41) is 10.5. The van der Waals surface area contributed by atoms with Gasteiger partial charge in [0.2, 0.25) is 5.91 Å². The number of hydrogen-bond acceptors (Lipinski definition) is 4. The maximum Gasteiger partial charge on any atom is 0.221 e. The van der Waals surface area contributed by atoms with E-state index in [0.717, 1.165) is 38.2 Å². The van der Waals surface area contributed by atoms with Crippen LogP contribution in [0.5, 0.6) is 0 Å². The number of carbonyl (C=O) groups excluding carboxylic acids is 1. The Hall–Kier alpha value is -1.43. The summed E-state index contributed by atoms with van der Waals surface area (Å²) in [6.45, 7) is 1.63. The Morgan fingerprint density at radius 2 is 2.53 bits per heavy atom. The predicted octanol–water partition coefficient (Wildman–Crippen LogP) is -0.384. The van der Waals surface area contributed by atoms with Gasteiger partial charge in [-0.3, -0.25) is 9.48 Å². The number of nitrogens with zero attached hydrogens (tertiary/aromatic N) is 3. The number of aryl methyl sites for hydroxylation is 1. The van der Waals surface area contributed by atoms with Crippen LogP contribution in [0.4, 0.5) is 0 Å². The fraction of sp³-hybridized carbons (Fsp3) is 0.727. The number of amides is 1. The van der Waals surface area contributed by atoms with Gasteiger partial charge in [-0.1, -0.05) is 0 Å². The molecule has 0 aliphatic carbocycles. The third-order valence-electron chi connectivity index (χ3n) is 2.91. The van der Waals surface area contributed by atoms with Crippen molar-refractivity contribution in [1.29, 1.82) is 0 Å². The van der Waals surface area contributed by atoms with Crippen LogP contribution < -0.4 is 10.6 Å². The second-order valence-electron chi connectivity index (χ2n) is 4.43. The minimum atomic E-state index is 0.149. The summed E-state index contributed by atoms with van der Waals surface area (Å²) in [4.78, 5) is 15.5. The summed E-state index contributed by atoms with van der Waals surface area (Å²) >= 11 is 0. The van der Waals surface area contributed by atoms with Crippen LogP contribution in [0.3, 0.4) is 0 Å². The van der Waals surface area contributed by atoms with Crippen molar-refractivity contribution in [3.63, 3.8) is 0 Å². The predicted molar refractivity (Wildman–Crippen MR) is 63.4 cm³/mol. The van der Waals surface area contributed by atoms with Crippen molar-refractivity contribution in [2.75, 3.05) is 13.1 Å². The molecule has 1 aromatic rings. The minimum Gasteiger partial charge on any atom is -0.356 e. The Bertz CT molecular complexity index is 376. The van der Waals surface area contributed by atoms with E-state index in [-0.39, 0.29) is 5.91 Å². The van der Waals surface area contributed by atoms with E-state index in [1.54, 1.807) is 11.0 Å². The molecule has 1 atom stereocenters. The van der Waals surface area contributed by atoms with Crippen molar-refractivity contribution in [2.24, 2.45) is 7.05 Å². The second kappa shape index (κ2) is 5.77. The lowest BCUT2D eigenvalue weighted by Crippen LogP contribution is -2.33. The second-order valence-corrected chi connectivity index (χ2v) is 4.43. The first kappa shape index (κ1) is 12.0. The van der Waals surface area contributed by atoms with Crippen molar-refractivity contribution in [2.45, 2.75) is 31.7 Å². The number of hydrogen-bond donors (Lipinski definition) is 2. The third-order valence-corrected chi connectivity index (χ3v) is 2.91. The van der Waals surface area contributed by atoms with Crippen LogP contribution in [0, 0.1) is 0 Å². The van der Waals surface area contributed by atoms with E-state index < -0.39 is 0 Å². The number of carbonyl (C=O) groups is 1. The Balaban J connectivity index is 1.72. The first-order valence-electron chi connectivity index (χ1n) is 6.08. The molecule has 2 N–H and O–H groups in total. The van der Waals surface area contributed by atoms with Gasteiger partial charge in [-0.05, 0) is 12.8 Å². The van der Waals surface area contributed by atoms with E-state index in [9.17, 15) is 4.79 Å². The van der Waals surface area contributed by atoms with Crippen LogP contribution in [0.1, 0.15) is 25.1 Å². The first-order chi connectivity index (χ1) is 8.24. The number of nitrogens with one attached hydrogen (secondary N) is 2. The van der Waals surface area contributed by atoms with Crippen molar-refractivity contribution < 1.29 is 4.79 Å². The molecular formula is C11H19N5O. The third kappa shape index (κ3) is 3.81. The molecule has 2 rings (SSSR count). The molecule has 1 saturated heterocycles. The quantitative estimate of drug-likeness (QED) is 0.748. The molecule has 0 spiro atoms. The lowest BCUT2D eigenvalue weighted by molar-refractivity contribution is -0.121. The van der Waals surface area contributed by atoms with Gasteiger partial charge < -0.3 is 10.6 Å². The smallest absolute Gasteiger partial charge is 0.221 e. The molecule has 2 heterocycles. The molecular weight excluding hydrogens is 218 g/mol. The molecule has 1 aromatic heterocycles. The highest BCUT2D eigenvalue weighted by molar-refractivity contribution is 5.76. The molecule has 0 bridgehead atoms. The van der Waals surface area contributed by atoms with E-state index in [0.29, 0.717) is 12.5 Å². The van der Waals surface area contributed by atoms with Gasteiger partial charge in [-0.25, -0.2) is 4.98 Å². The van der Waals surface area contributed by atoms with E-state index in [1.165, 1.54) is 0 Å². The van der Waals surface area contributed by atoms with E-state index in [2.05, 4.69) is 20.7 Å². The average molecular weight is 237 g/mol. The standard InChI is InChI=1S/C11H19N5O/c1-16-8-14-10(15-16)4-6-12-9-3-2-5-13-11(17)7-9/h8-9,12H,2-7H2,1H3,(H,13,17). The van der Waals surface area contributed by atoms with Crippen LogP contribution in [-0.2, 0) is 18.3 Å². The largest absolute Gasteiger partial charge is 0.356 e. The molecule has 0 radical (unpaired) electrons. The van der Waals surface area contributed by atoms with E-state index in [4.69, 9.17) is 0 Å². The molecule has 0 saturated carbocycles. The minimum absolute atomic E-state index is 0.149. The average Bonchev–Trinajstić information content (AvgIpc) is 2.58. The van der Waals surface area contributed by atoms with Gasteiger partial charge in [-0.15, -0.1) is 0 Å². The summed E-state index contributed by atoms with van der Waals surface area (Å²) in [6, 6.07) is 0.293. The van der Waals surface area contributed by atoms with Crippen molar-refractivity contribution in [3.8, 4) is 0 Å². The zero-order valence-electron chi connectivity index (χ0n) is 10.1. The van der Waals surface area contributed by atoms with E-state index in [1.807, 2.05) is 7.05 Å². The summed E-state index contributed by atoms with van der Waals surface area (Å²) in [5.74, 6) is 0.994. The van der Waals surface area contributed by atoms with Gasteiger partial charge in [0, 0.05) is 39.0 Å². The molecule has 1 amide bonds. The zero-order chi connectivity index (χ0) is 12.1. The summed E-state index contributed by atoms with van der Waals surface area (Å²) in [6.07, 6.45) is 5.18. The van der Waals surface area contributed by atoms with Crippen LogP contribution in [0.15, 0.2) is 6.33 Å². The zero-order valence-corrected chi connectivity index (χ0v) is 10.1. The van der Waals surface area contributed by atoms with Crippen LogP contribution >= 0.6 is 0 Å². The van der Waals surface area contributed by atoms with Gasteiger partial charge >= 0.3 is 0 Å². The monoisotopic (exact) mass is 237 g/mol. The van der Waals surface area contributed by atoms with Crippen molar-refractivity contribution in [1.82, 2.24) is 25.4 Å². The summed E-state index contributed by atoms with van der Waals surface area (Å²) in [7, 11) is 1.86. The normalized spacial score (nSPS) is 21.0. The van der Waals surface area contributed by atoms with Gasteiger partial charge in [0.25, 0.3) is 0 Å². The molecule has 6 nitrogen and oxygen atoms in total. The lowest BCUT2D eigenvalue weighted by atomic mass is 10.1. The number of aromatic nitrogens is 3. The molecule has 1 aliphatic rings. The van der Waals surface area contributed by atoms with Crippen LogP contribution in [0.25, 0.3) is 0 Å². The van der Waals surface area contributed by atoms with Gasteiger partial charge in [0.15, 0.2) is 5.82 Å². The maximum atomic E-state index is 11.4. The Kier molecular flexibility index (Phi) is 4.08. The molecule has 6 heteroatoms. The molecule has 0 aromatic carbocycles. The van der Waals surface area contributed by atoms with Crippen molar-refractivity contribution >= 4 is 5.91 Å². The Morgan fingerprint density at radius 3 is 3.29 bits per heavy atom. The topological polar surface area (TPSA) is 71.8 Å². The summed E-state index contributed by atoms with van der Waals surface area (Å²) in [5.41, 5.74) is 0. The Labute approximate surface area is 101 Å². The fourth-order valence-electron chi connectivity index (χ4n) is 2.04. The molecule has 94 valence electrons. The van der Waals surface area contributed by atoms with Crippen molar-refractivity contribution in [3.05, 3.63) is 12.2 Å². The Morgan fingerprint density at radius 1 is 1.65 bits per heavy atom. The van der Waals surface area contributed by atoms with E-state index >= 15 is 0 Å². The lowest BCUT2D eigenvalue weighted by Gasteiger charge is -2.14. The SMILES string of the molecule is Cn1cnc(CCNC2CCCNC(=O)C2)n1. The molecule has 1 unspecified atom stereocenters. The summed E-state index contributed by atoms with van der Waals surface area (Å²) < 4.78 is 1.70. The van der Waals surface area contributed by atoms with Gasteiger partial charge in [0.05, 0.1) is 0 Å². The number of rotatable bonds is 4. The van der Waals surface area contributed by atoms with Gasteiger partial charge in [-0.2, -0.15) is 5.10 Å². The molecule has 17 heavy (non-hydrogen) atoms.